The Bertz CT molecular complexity index is 1050. The highest BCUT2D eigenvalue weighted by atomic mass is 19.4. The molecule has 5 N–H and O–H groups in total. The molecule has 0 radical (unpaired) electrons. The first-order valence-electron chi connectivity index (χ1n) is 8.82. The Balaban J connectivity index is 0.000000451. The minimum absolute atomic E-state index is 0.214. The van der Waals surface area contributed by atoms with Gasteiger partial charge < -0.3 is 20.8 Å². The monoisotopic (exact) mass is 450 g/mol. The minimum atomic E-state index is -5.08. The van der Waals surface area contributed by atoms with Crippen molar-refractivity contribution in [2.45, 2.75) is 12.7 Å². The van der Waals surface area contributed by atoms with Crippen molar-refractivity contribution < 1.29 is 37.8 Å². The predicted octanol–water partition coefficient (Wildman–Crippen LogP) is 3.73. The first-order valence-corrected chi connectivity index (χ1v) is 8.82. The Hall–Kier alpha value is -4.35. The van der Waals surface area contributed by atoms with Gasteiger partial charge in [0.05, 0.1) is 11.8 Å². The van der Waals surface area contributed by atoms with E-state index in [9.17, 15) is 22.8 Å². The number of alkyl halides is 3. The number of nitrogens with one attached hydrogen (secondary N) is 3. The molecule has 2 aromatic carbocycles. The van der Waals surface area contributed by atoms with E-state index >= 15 is 0 Å². The van der Waals surface area contributed by atoms with Gasteiger partial charge in [0.1, 0.15) is 0 Å². The Kier molecular flexibility index (Phi) is 7.93. The topological polar surface area (TPSA) is 144 Å². The second kappa shape index (κ2) is 10.6. The molecule has 0 spiro atoms. The molecule has 3 aromatic rings. The molecule has 32 heavy (non-hydrogen) atoms. The number of urea groups is 1. The Labute approximate surface area is 178 Å². The van der Waals surface area contributed by atoms with Gasteiger partial charge in [0.15, 0.2) is 0 Å². The van der Waals surface area contributed by atoms with Crippen LogP contribution in [-0.4, -0.2) is 44.6 Å². The van der Waals surface area contributed by atoms with Crippen LogP contribution in [0.5, 0.6) is 0 Å². The van der Waals surface area contributed by atoms with Gasteiger partial charge in [-0.1, -0.05) is 24.3 Å². The van der Waals surface area contributed by atoms with Gasteiger partial charge in [0.2, 0.25) is 0 Å². The molecule has 1 aromatic heterocycles. The van der Waals surface area contributed by atoms with Crippen molar-refractivity contribution in [1.29, 1.82) is 0 Å². The van der Waals surface area contributed by atoms with Crippen LogP contribution in [0.3, 0.4) is 0 Å². The third-order valence-corrected chi connectivity index (χ3v) is 3.87. The van der Waals surface area contributed by atoms with E-state index in [0.717, 1.165) is 16.7 Å². The van der Waals surface area contributed by atoms with Gasteiger partial charge in [-0.15, -0.1) is 0 Å². The van der Waals surface area contributed by atoms with Crippen molar-refractivity contribution in [3.05, 3.63) is 72.1 Å². The van der Waals surface area contributed by atoms with E-state index in [1.54, 1.807) is 24.5 Å². The molecule has 3 rings (SSSR count). The van der Waals surface area contributed by atoms with E-state index in [1.165, 1.54) is 12.1 Å². The number of anilines is 1. The minimum Gasteiger partial charge on any atom is -0.478 e. The fourth-order valence-corrected chi connectivity index (χ4v) is 2.28. The zero-order chi connectivity index (χ0) is 23.7. The highest BCUT2D eigenvalue weighted by Crippen LogP contribution is 2.20. The number of carboxylic acid groups (broad SMARTS) is 2. The predicted molar refractivity (Wildman–Crippen MR) is 107 cm³/mol. The molecule has 0 saturated carbocycles. The van der Waals surface area contributed by atoms with E-state index in [-0.39, 0.29) is 11.6 Å². The Morgan fingerprint density at radius 1 is 0.938 bits per heavy atom. The lowest BCUT2D eigenvalue weighted by atomic mass is 10.1. The number of aromatic carboxylic acids is 1. The normalized spacial score (nSPS) is 10.5. The molecule has 0 aliphatic heterocycles. The van der Waals surface area contributed by atoms with Crippen LogP contribution in [0.15, 0.2) is 60.9 Å². The van der Waals surface area contributed by atoms with E-state index in [2.05, 4.69) is 20.8 Å². The van der Waals surface area contributed by atoms with Crippen molar-refractivity contribution >= 4 is 23.7 Å². The van der Waals surface area contributed by atoms with Crippen LogP contribution in [-0.2, 0) is 11.3 Å². The molecule has 1 heterocycles. The molecule has 0 unspecified atom stereocenters. The number of rotatable bonds is 5. The van der Waals surface area contributed by atoms with Gasteiger partial charge >= 0.3 is 24.1 Å². The summed E-state index contributed by atoms with van der Waals surface area (Å²) in [5, 5.41) is 28.1. The largest absolute Gasteiger partial charge is 0.490 e. The SMILES string of the molecule is O=C(NCc1ccc(C(=O)O)cc1)Nc1ccc(-c2cn[nH]c2)cc1.O=C(O)C(F)(F)F. The van der Waals surface area contributed by atoms with Crippen molar-refractivity contribution in [2.24, 2.45) is 0 Å². The number of carbonyl (C=O) groups excluding carboxylic acids is 1. The average Bonchev–Trinajstić information content (AvgIpc) is 3.28. The number of hydrogen-bond donors (Lipinski definition) is 5. The zero-order valence-corrected chi connectivity index (χ0v) is 16.2. The highest BCUT2D eigenvalue weighted by molar-refractivity contribution is 5.89. The molecule has 2 amide bonds. The molecular formula is C20H17F3N4O5. The second-order valence-corrected chi connectivity index (χ2v) is 6.18. The smallest absolute Gasteiger partial charge is 0.478 e. The number of hydrogen-bond acceptors (Lipinski definition) is 4. The van der Waals surface area contributed by atoms with Crippen molar-refractivity contribution in [1.82, 2.24) is 15.5 Å². The summed E-state index contributed by atoms with van der Waals surface area (Å²) in [5.74, 6) is -3.73. The number of aliphatic carboxylic acids is 1. The fraction of sp³-hybridized carbons (Fsp3) is 0.100. The summed E-state index contributed by atoms with van der Waals surface area (Å²) in [6, 6.07) is 13.4. The maximum Gasteiger partial charge on any atom is 0.490 e. The Morgan fingerprint density at radius 2 is 1.53 bits per heavy atom. The van der Waals surface area contributed by atoms with Gasteiger partial charge in [0.25, 0.3) is 0 Å². The summed E-state index contributed by atoms with van der Waals surface area (Å²) in [4.78, 5) is 31.6. The molecule has 9 nitrogen and oxygen atoms in total. The zero-order valence-electron chi connectivity index (χ0n) is 16.2. The molecule has 0 bridgehead atoms. The molecule has 0 saturated heterocycles. The van der Waals surface area contributed by atoms with Crippen LogP contribution in [0.2, 0.25) is 0 Å². The number of carbonyl (C=O) groups is 3. The molecular weight excluding hydrogens is 433 g/mol. The number of H-pyrrole nitrogens is 1. The number of benzene rings is 2. The summed E-state index contributed by atoms with van der Waals surface area (Å²) in [6.07, 6.45) is -1.56. The summed E-state index contributed by atoms with van der Waals surface area (Å²) in [7, 11) is 0. The number of nitrogens with zero attached hydrogens (tertiary/aromatic N) is 1. The van der Waals surface area contributed by atoms with Gasteiger partial charge in [-0.05, 0) is 35.4 Å². The molecule has 168 valence electrons. The highest BCUT2D eigenvalue weighted by Gasteiger charge is 2.38. The number of halogens is 3. The molecule has 0 fully saturated rings. The summed E-state index contributed by atoms with van der Waals surface area (Å²) in [6.45, 7) is 0.304. The number of aromatic nitrogens is 2. The maximum absolute atomic E-state index is 11.9. The lowest BCUT2D eigenvalue weighted by molar-refractivity contribution is -0.192. The number of carboxylic acids is 2. The third kappa shape index (κ3) is 7.48. The lowest BCUT2D eigenvalue weighted by Crippen LogP contribution is -2.28. The lowest BCUT2D eigenvalue weighted by Gasteiger charge is -2.08. The standard InChI is InChI=1S/C18H16N4O3.C2HF3O2/c23-17(24)14-3-1-12(2-4-14)9-19-18(25)22-16-7-5-13(6-8-16)15-10-20-21-11-15;3-2(4,5)1(6)7/h1-8,10-11H,9H2,(H,20,21)(H,23,24)(H2,19,22,25);(H,6,7). The summed E-state index contributed by atoms with van der Waals surface area (Å²) >= 11 is 0. The van der Waals surface area contributed by atoms with Crippen LogP contribution in [0, 0.1) is 0 Å². The van der Waals surface area contributed by atoms with E-state index in [4.69, 9.17) is 15.0 Å². The van der Waals surface area contributed by atoms with Gasteiger partial charge in [-0.3, -0.25) is 5.10 Å². The van der Waals surface area contributed by atoms with E-state index in [1.807, 2.05) is 24.3 Å². The number of amides is 2. The van der Waals surface area contributed by atoms with Crippen LogP contribution in [0.25, 0.3) is 11.1 Å². The first kappa shape index (κ1) is 23.9. The van der Waals surface area contributed by atoms with Gasteiger partial charge in [0, 0.05) is 24.0 Å². The quantitative estimate of drug-likeness (QED) is 0.401. The van der Waals surface area contributed by atoms with Crippen LogP contribution in [0.4, 0.5) is 23.7 Å². The number of aromatic amines is 1. The first-order chi connectivity index (χ1) is 15.1. The van der Waals surface area contributed by atoms with Crippen LogP contribution in [0.1, 0.15) is 15.9 Å². The molecule has 0 atom stereocenters. The maximum atomic E-state index is 11.9. The van der Waals surface area contributed by atoms with Gasteiger partial charge in [-0.2, -0.15) is 18.3 Å². The molecule has 0 aliphatic rings. The second-order valence-electron chi connectivity index (χ2n) is 6.18. The van der Waals surface area contributed by atoms with E-state index < -0.39 is 18.1 Å². The van der Waals surface area contributed by atoms with E-state index in [0.29, 0.717) is 12.2 Å². The fourth-order valence-electron chi connectivity index (χ4n) is 2.28. The van der Waals surface area contributed by atoms with Crippen molar-refractivity contribution in [2.75, 3.05) is 5.32 Å². The third-order valence-electron chi connectivity index (χ3n) is 3.87. The molecule has 12 heteroatoms. The van der Waals surface area contributed by atoms with Gasteiger partial charge in [-0.25, -0.2) is 14.4 Å². The summed E-state index contributed by atoms with van der Waals surface area (Å²) < 4.78 is 31.7. The van der Waals surface area contributed by atoms with Crippen molar-refractivity contribution in [3.8, 4) is 11.1 Å². The van der Waals surface area contributed by atoms with Crippen LogP contribution >= 0.6 is 0 Å². The van der Waals surface area contributed by atoms with Crippen molar-refractivity contribution in [3.63, 3.8) is 0 Å². The molecule has 0 aliphatic carbocycles. The Morgan fingerprint density at radius 3 is 2.00 bits per heavy atom. The average molecular weight is 450 g/mol. The summed E-state index contributed by atoms with van der Waals surface area (Å²) in [5.41, 5.74) is 3.67. The van der Waals surface area contributed by atoms with Crippen LogP contribution < -0.4 is 10.6 Å².